The Morgan fingerprint density at radius 2 is 2.18 bits per heavy atom. The molecule has 3 saturated heterocycles. The van der Waals surface area contributed by atoms with E-state index in [9.17, 15) is 4.79 Å². The molecule has 0 unspecified atom stereocenters. The van der Waals surface area contributed by atoms with Gasteiger partial charge in [-0.1, -0.05) is 19.8 Å². The fourth-order valence-electron chi connectivity index (χ4n) is 6.38. The molecule has 4 fully saturated rings. The van der Waals surface area contributed by atoms with Crippen LogP contribution < -0.4 is 5.32 Å². The average molecular weight is 387 g/mol. The molecule has 4 atom stereocenters. The molecular weight excluding hydrogens is 352 g/mol. The lowest BCUT2D eigenvalue weighted by atomic mass is 9.73. The van der Waals surface area contributed by atoms with Crippen molar-refractivity contribution < 1.29 is 9.53 Å². The van der Waals surface area contributed by atoms with Gasteiger partial charge < -0.3 is 10.1 Å². The van der Waals surface area contributed by atoms with Crippen molar-refractivity contribution in [2.75, 3.05) is 19.6 Å². The molecule has 28 heavy (non-hydrogen) atoms. The first-order valence-corrected chi connectivity index (χ1v) is 11.2. The molecule has 4 heterocycles. The fourth-order valence-corrected chi connectivity index (χ4v) is 6.38. The molecule has 0 radical (unpaired) electrons. The maximum atomic E-state index is 12.8. The second-order valence-electron chi connectivity index (χ2n) is 9.84. The van der Waals surface area contributed by atoms with Gasteiger partial charge >= 0.3 is 0 Å². The molecule has 1 saturated carbocycles. The number of likely N-dealkylation sites (tertiary alicyclic amines) is 1. The summed E-state index contributed by atoms with van der Waals surface area (Å²) in [6.07, 6.45) is 9.17. The molecule has 2 bridgehead atoms. The van der Waals surface area contributed by atoms with Crippen molar-refractivity contribution in [3.8, 4) is 0 Å². The maximum absolute atomic E-state index is 12.8. The Labute approximate surface area is 168 Å². The Morgan fingerprint density at radius 1 is 1.36 bits per heavy atom. The lowest BCUT2D eigenvalue weighted by molar-refractivity contribution is -0.130. The van der Waals surface area contributed by atoms with Crippen molar-refractivity contribution >= 4 is 5.91 Å². The van der Waals surface area contributed by atoms with Gasteiger partial charge in [-0.2, -0.15) is 5.10 Å². The third-order valence-corrected chi connectivity index (χ3v) is 8.01. The van der Waals surface area contributed by atoms with Gasteiger partial charge in [-0.15, -0.1) is 0 Å². The second-order valence-corrected chi connectivity index (χ2v) is 9.84. The number of hydrogen-bond donors (Lipinski definition) is 1. The number of carbonyl (C=O) groups excluding carboxylic acids is 1. The topological polar surface area (TPSA) is 59.4 Å². The highest BCUT2D eigenvalue weighted by Crippen LogP contribution is 2.54. The zero-order valence-electron chi connectivity index (χ0n) is 17.3. The van der Waals surface area contributed by atoms with Crippen LogP contribution in [-0.2, 0) is 22.6 Å². The van der Waals surface area contributed by atoms with E-state index in [1.807, 2.05) is 4.68 Å². The van der Waals surface area contributed by atoms with Gasteiger partial charge in [0.2, 0.25) is 5.91 Å². The number of nitrogens with one attached hydrogen (secondary N) is 1. The fraction of sp³-hybridized carbons (Fsp3) is 0.818. The maximum Gasteiger partial charge on any atom is 0.225 e. The molecule has 6 heteroatoms. The molecule has 1 N–H and O–H groups in total. The molecule has 154 valence electrons. The number of amides is 1. The summed E-state index contributed by atoms with van der Waals surface area (Å²) in [6.45, 7) is 8.93. The summed E-state index contributed by atoms with van der Waals surface area (Å²) in [6, 6.07) is 2.13. The van der Waals surface area contributed by atoms with Crippen LogP contribution in [0.25, 0.3) is 0 Å². The summed E-state index contributed by atoms with van der Waals surface area (Å²) in [4.78, 5) is 15.3. The van der Waals surface area contributed by atoms with Crippen molar-refractivity contribution in [1.29, 1.82) is 0 Å². The summed E-state index contributed by atoms with van der Waals surface area (Å²) < 4.78 is 8.55. The van der Waals surface area contributed by atoms with Crippen LogP contribution in [0.2, 0.25) is 0 Å². The number of rotatable bonds is 6. The summed E-state index contributed by atoms with van der Waals surface area (Å²) in [5, 5.41) is 7.98. The molecule has 1 amide bonds. The number of hydrogen-bond acceptors (Lipinski definition) is 4. The monoisotopic (exact) mass is 386 g/mol. The number of carbonyl (C=O) groups is 1. The molecular formula is C22H34N4O2. The molecule has 1 spiro atoms. The highest BCUT2D eigenvalue weighted by Gasteiger charge is 2.62. The van der Waals surface area contributed by atoms with E-state index in [0.717, 1.165) is 57.7 Å². The van der Waals surface area contributed by atoms with E-state index >= 15 is 0 Å². The number of fused-ring (bicyclic) bond motifs is 1. The quantitative estimate of drug-likeness (QED) is 0.816. The number of aryl methyl sites for hydroxylation is 1. The van der Waals surface area contributed by atoms with E-state index in [1.54, 1.807) is 0 Å². The SMILES string of the molecule is CCn1ccc(CN2C[C@@H]3[C@H](CNC(=O)C4(C)CCCC4)[C@H]4CC[C@]3(C2)O4)n1. The zero-order chi connectivity index (χ0) is 19.4. The lowest BCUT2D eigenvalue weighted by Gasteiger charge is -2.31. The summed E-state index contributed by atoms with van der Waals surface area (Å²) >= 11 is 0. The molecule has 4 aliphatic rings. The summed E-state index contributed by atoms with van der Waals surface area (Å²) in [5.74, 6) is 1.26. The largest absolute Gasteiger partial charge is 0.370 e. The molecule has 1 aliphatic carbocycles. The Kier molecular flexibility index (Phi) is 4.55. The average Bonchev–Trinajstić information content (AvgIpc) is 3.47. The van der Waals surface area contributed by atoms with Gasteiger partial charge in [-0.05, 0) is 38.7 Å². The third-order valence-electron chi connectivity index (χ3n) is 8.01. The van der Waals surface area contributed by atoms with Crippen molar-refractivity contribution in [3.63, 3.8) is 0 Å². The predicted molar refractivity (Wildman–Crippen MR) is 107 cm³/mol. The van der Waals surface area contributed by atoms with E-state index < -0.39 is 0 Å². The summed E-state index contributed by atoms with van der Waals surface area (Å²) in [7, 11) is 0. The van der Waals surface area contributed by atoms with Gasteiger partial charge in [0.25, 0.3) is 0 Å². The number of nitrogens with zero attached hydrogens (tertiary/aromatic N) is 3. The van der Waals surface area contributed by atoms with Crippen LogP contribution in [0.3, 0.4) is 0 Å². The van der Waals surface area contributed by atoms with Crippen molar-refractivity contribution in [2.45, 2.75) is 77.2 Å². The minimum Gasteiger partial charge on any atom is -0.370 e. The number of aromatic nitrogens is 2. The lowest BCUT2D eigenvalue weighted by Crippen LogP contribution is -2.45. The van der Waals surface area contributed by atoms with E-state index in [2.05, 4.69) is 41.4 Å². The second kappa shape index (κ2) is 6.84. The Balaban J connectivity index is 1.22. The smallest absolute Gasteiger partial charge is 0.225 e. The van der Waals surface area contributed by atoms with Gasteiger partial charge in [0.1, 0.15) is 0 Å². The minimum absolute atomic E-state index is 0.0185. The Hall–Kier alpha value is -1.40. The highest BCUT2D eigenvalue weighted by atomic mass is 16.5. The molecule has 3 aliphatic heterocycles. The van der Waals surface area contributed by atoms with Gasteiger partial charge in [0.15, 0.2) is 0 Å². The molecule has 6 nitrogen and oxygen atoms in total. The molecule has 1 aromatic heterocycles. The van der Waals surface area contributed by atoms with Crippen LogP contribution in [0.5, 0.6) is 0 Å². The first-order valence-electron chi connectivity index (χ1n) is 11.2. The van der Waals surface area contributed by atoms with E-state index in [-0.39, 0.29) is 16.9 Å². The first-order chi connectivity index (χ1) is 13.5. The highest BCUT2D eigenvalue weighted by molar-refractivity contribution is 5.82. The standard InChI is InChI=1S/C22H34N4O2/c1-3-26-11-7-16(24-26)13-25-14-18-17(19-6-10-22(18,15-25)28-19)12-23-20(27)21(2)8-4-5-9-21/h7,11,17-19H,3-6,8-10,12-15H2,1-2H3,(H,23,27)/t17-,18+,19+,22+/m0/s1. The normalized spacial score (nSPS) is 36.1. The van der Waals surface area contributed by atoms with Crippen molar-refractivity contribution in [1.82, 2.24) is 20.0 Å². The van der Waals surface area contributed by atoms with Crippen molar-refractivity contribution in [2.24, 2.45) is 17.3 Å². The Bertz CT molecular complexity index is 741. The number of ether oxygens (including phenoxy) is 1. The van der Waals surface area contributed by atoms with Gasteiger partial charge in [-0.25, -0.2) is 0 Å². The molecule has 0 aromatic carbocycles. The van der Waals surface area contributed by atoms with Gasteiger partial charge in [0.05, 0.1) is 17.4 Å². The summed E-state index contributed by atoms with van der Waals surface area (Å²) in [5.41, 5.74) is 1.02. The Morgan fingerprint density at radius 3 is 2.93 bits per heavy atom. The first kappa shape index (κ1) is 18.6. The predicted octanol–water partition coefficient (Wildman–Crippen LogP) is 2.58. The van der Waals surface area contributed by atoms with Gasteiger partial charge in [0, 0.05) is 56.2 Å². The molecule has 1 aromatic rings. The minimum atomic E-state index is -0.143. The van der Waals surface area contributed by atoms with Crippen LogP contribution in [0.1, 0.15) is 58.1 Å². The third kappa shape index (κ3) is 3.00. The van der Waals surface area contributed by atoms with Crippen LogP contribution >= 0.6 is 0 Å². The van der Waals surface area contributed by atoms with Crippen LogP contribution in [0, 0.1) is 17.3 Å². The van der Waals surface area contributed by atoms with Gasteiger partial charge in [-0.3, -0.25) is 14.4 Å². The van der Waals surface area contributed by atoms with E-state index in [4.69, 9.17) is 4.74 Å². The van der Waals surface area contributed by atoms with Crippen LogP contribution in [0.4, 0.5) is 0 Å². The molecule has 5 rings (SSSR count). The van der Waals surface area contributed by atoms with Crippen LogP contribution in [0.15, 0.2) is 12.3 Å². The van der Waals surface area contributed by atoms with Crippen molar-refractivity contribution in [3.05, 3.63) is 18.0 Å². The van der Waals surface area contributed by atoms with E-state index in [0.29, 0.717) is 17.9 Å². The van der Waals surface area contributed by atoms with E-state index in [1.165, 1.54) is 19.3 Å². The zero-order valence-corrected chi connectivity index (χ0v) is 17.3. The van der Waals surface area contributed by atoms with Crippen LogP contribution in [-0.4, -0.2) is 51.9 Å².